The number of carbonyl (C=O) groups excluding carboxylic acids is 1. The number of unbranched alkanes of at least 4 members (excludes halogenated alkanes) is 1. The van der Waals surface area contributed by atoms with E-state index in [1.165, 1.54) is 51.5 Å². The van der Waals surface area contributed by atoms with Crippen LogP contribution in [0.4, 0.5) is 4.79 Å². The quantitative estimate of drug-likeness (QED) is 0.787. The van der Waals surface area contributed by atoms with Crippen LogP contribution in [0.15, 0.2) is 30.3 Å². The summed E-state index contributed by atoms with van der Waals surface area (Å²) in [7, 11) is 0. The molecule has 2 bridgehead atoms. The Bertz CT molecular complexity index is 620. The smallest absolute Gasteiger partial charge is 0.407 e. The van der Waals surface area contributed by atoms with E-state index >= 15 is 0 Å². The van der Waals surface area contributed by atoms with Crippen LogP contribution in [0.2, 0.25) is 0 Å². The summed E-state index contributed by atoms with van der Waals surface area (Å²) in [5, 5.41) is 2.95. The van der Waals surface area contributed by atoms with Crippen LogP contribution >= 0.6 is 0 Å². The normalized spacial score (nSPS) is 32.7. The van der Waals surface area contributed by atoms with Crippen molar-refractivity contribution >= 4 is 6.09 Å². The van der Waals surface area contributed by atoms with Gasteiger partial charge >= 0.3 is 6.09 Å². The molecule has 0 radical (unpaired) electrons. The van der Waals surface area contributed by atoms with Gasteiger partial charge in [-0.25, -0.2) is 4.79 Å². The van der Waals surface area contributed by atoms with E-state index in [2.05, 4.69) is 17.1 Å². The van der Waals surface area contributed by atoms with Crippen LogP contribution in [-0.2, 0) is 11.3 Å². The molecule has 148 valence electrons. The number of alkyl carbamates (subject to hydrolysis) is 1. The number of fused-ring (bicyclic) bond motifs is 4. The van der Waals surface area contributed by atoms with Gasteiger partial charge in [0.2, 0.25) is 0 Å². The number of carbonyl (C=O) groups is 1. The van der Waals surface area contributed by atoms with Crippen LogP contribution in [0, 0.1) is 11.8 Å². The Hall–Kier alpha value is -1.55. The Kier molecular flexibility index (Phi) is 6.01. The first kappa shape index (κ1) is 18.8. The number of nitrogens with zero attached hydrogens (tertiary/aromatic N) is 1. The molecule has 2 aliphatic heterocycles. The highest BCUT2D eigenvalue weighted by Gasteiger charge is 2.52. The number of rotatable bonds is 6. The summed E-state index contributed by atoms with van der Waals surface area (Å²) in [6.07, 6.45) is 10.0. The fourth-order valence-corrected chi connectivity index (χ4v) is 5.81. The van der Waals surface area contributed by atoms with Crippen LogP contribution in [-0.4, -0.2) is 35.7 Å². The van der Waals surface area contributed by atoms with Gasteiger partial charge in [-0.15, -0.1) is 0 Å². The molecule has 0 unspecified atom stereocenters. The Morgan fingerprint density at radius 2 is 2.07 bits per heavy atom. The lowest BCUT2D eigenvalue weighted by Crippen LogP contribution is -2.55. The highest BCUT2D eigenvalue weighted by molar-refractivity contribution is 5.67. The summed E-state index contributed by atoms with van der Waals surface area (Å²) in [6, 6.07) is 11.4. The molecular weight excluding hydrogens is 336 g/mol. The molecule has 1 saturated carbocycles. The zero-order valence-corrected chi connectivity index (χ0v) is 16.6. The van der Waals surface area contributed by atoms with Gasteiger partial charge in [-0.3, -0.25) is 4.90 Å². The third-order valence-electron chi connectivity index (χ3n) is 7.04. The molecule has 27 heavy (non-hydrogen) atoms. The van der Waals surface area contributed by atoms with Crippen molar-refractivity contribution in [3.63, 3.8) is 0 Å². The van der Waals surface area contributed by atoms with E-state index in [0.29, 0.717) is 30.5 Å². The van der Waals surface area contributed by atoms with Gasteiger partial charge in [-0.1, -0.05) is 56.5 Å². The molecule has 1 amide bonds. The van der Waals surface area contributed by atoms with Crippen LogP contribution in [0.3, 0.4) is 0 Å². The number of piperidine rings is 2. The number of benzene rings is 1. The number of hydrogen-bond donors (Lipinski definition) is 1. The monoisotopic (exact) mass is 370 g/mol. The van der Waals surface area contributed by atoms with Gasteiger partial charge in [0.25, 0.3) is 0 Å². The minimum absolute atomic E-state index is 0.1000. The maximum atomic E-state index is 12.4. The van der Waals surface area contributed by atoms with Gasteiger partial charge in [0.15, 0.2) is 0 Å². The molecule has 1 aliphatic carbocycles. The van der Waals surface area contributed by atoms with Gasteiger partial charge in [0, 0.05) is 24.5 Å². The molecule has 1 aromatic rings. The maximum Gasteiger partial charge on any atom is 0.407 e. The summed E-state index contributed by atoms with van der Waals surface area (Å²) in [5.74, 6) is 1.25. The molecule has 1 aromatic carbocycles. The topological polar surface area (TPSA) is 41.6 Å². The van der Waals surface area contributed by atoms with Gasteiger partial charge in [-0.2, -0.15) is 0 Å². The summed E-state index contributed by atoms with van der Waals surface area (Å²) in [5.41, 5.74) is 1.11. The average molecular weight is 371 g/mol. The summed E-state index contributed by atoms with van der Waals surface area (Å²) in [4.78, 5) is 15.2. The summed E-state index contributed by atoms with van der Waals surface area (Å²) in [6.45, 7) is 4.07. The fraction of sp³-hybridized carbons (Fsp3) is 0.696. The van der Waals surface area contributed by atoms with Crippen molar-refractivity contribution in [2.24, 2.45) is 11.8 Å². The molecule has 4 rings (SSSR count). The molecule has 3 aliphatic rings. The molecule has 0 spiro atoms. The van der Waals surface area contributed by atoms with Crippen molar-refractivity contribution < 1.29 is 9.53 Å². The van der Waals surface area contributed by atoms with E-state index in [4.69, 9.17) is 4.74 Å². The van der Waals surface area contributed by atoms with E-state index in [9.17, 15) is 4.79 Å². The zero-order chi connectivity index (χ0) is 18.6. The molecule has 5 atom stereocenters. The first-order valence-electron chi connectivity index (χ1n) is 11.0. The second-order valence-corrected chi connectivity index (χ2v) is 8.69. The zero-order valence-electron chi connectivity index (χ0n) is 16.6. The van der Waals surface area contributed by atoms with E-state index in [1.807, 2.05) is 30.3 Å². The molecule has 4 heteroatoms. The molecule has 3 fully saturated rings. The lowest BCUT2D eigenvalue weighted by Gasteiger charge is -2.49. The van der Waals surface area contributed by atoms with Crippen molar-refractivity contribution in [1.29, 1.82) is 0 Å². The standard InChI is InChI=1S/C23H34N2O2/c1-2-3-11-20-18-14-19(21-12-7-8-13-25(20)21)22(15-18)27-23(26)24-16-17-9-5-4-6-10-17/h4-6,9-10,18-22H,2-3,7-8,11-16H2,1H3,(H,24,26)/t18-,19-,20+,21-,22-/m1/s1. The van der Waals surface area contributed by atoms with E-state index in [0.717, 1.165) is 12.0 Å². The Labute approximate surface area is 163 Å². The van der Waals surface area contributed by atoms with Crippen molar-refractivity contribution in [2.75, 3.05) is 6.54 Å². The number of nitrogens with one attached hydrogen (secondary N) is 1. The third-order valence-corrected chi connectivity index (χ3v) is 7.04. The van der Waals surface area contributed by atoms with Gasteiger partial charge < -0.3 is 10.1 Å². The van der Waals surface area contributed by atoms with Crippen LogP contribution in [0.1, 0.15) is 63.9 Å². The highest BCUT2D eigenvalue weighted by atomic mass is 16.6. The van der Waals surface area contributed by atoms with Gasteiger partial charge in [0.05, 0.1) is 0 Å². The van der Waals surface area contributed by atoms with Crippen molar-refractivity contribution in [1.82, 2.24) is 10.2 Å². The van der Waals surface area contributed by atoms with Gasteiger partial charge in [0.1, 0.15) is 6.10 Å². The van der Waals surface area contributed by atoms with Crippen molar-refractivity contribution in [2.45, 2.75) is 83.0 Å². The minimum Gasteiger partial charge on any atom is -0.446 e. The maximum absolute atomic E-state index is 12.4. The van der Waals surface area contributed by atoms with E-state index in [-0.39, 0.29) is 12.2 Å². The minimum atomic E-state index is -0.246. The number of ether oxygens (including phenoxy) is 1. The molecule has 2 heterocycles. The molecule has 0 aromatic heterocycles. The van der Waals surface area contributed by atoms with Gasteiger partial charge in [-0.05, 0) is 50.1 Å². The summed E-state index contributed by atoms with van der Waals surface area (Å²) >= 11 is 0. The molecular formula is C23H34N2O2. The number of hydrogen-bond acceptors (Lipinski definition) is 3. The van der Waals surface area contributed by atoms with E-state index in [1.54, 1.807) is 0 Å². The van der Waals surface area contributed by atoms with Crippen molar-refractivity contribution in [3.8, 4) is 0 Å². The van der Waals surface area contributed by atoms with Crippen LogP contribution in [0.5, 0.6) is 0 Å². The average Bonchev–Trinajstić information content (AvgIpc) is 3.06. The predicted octanol–water partition coefficient (Wildman–Crippen LogP) is 4.73. The van der Waals surface area contributed by atoms with Crippen LogP contribution in [0.25, 0.3) is 0 Å². The highest BCUT2D eigenvalue weighted by Crippen LogP contribution is 2.49. The predicted molar refractivity (Wildman–Crippen MR) is 107 cm³/mol. The largest absolute Gasteiger partial charge is 0.446 e. The molecule has 2 saturated heterocycles. The first-order chi connectivity index (χ1) is 13.3. The Balaban J connectivity index is 1.37. The molecule has 4 nitrogen and oxygen atoms in total. The lowest BCUT2D eigenvalue weighted by molar-refractivity contribution is -0.0191. The Morgan fingerprint density at radius 1 is 1.22 bits per heavy atom. The SMILES string of the molecule is CCCC[C@H]1[C@@H]2C[C@H]([C@H]3CCCCN31)[C@H](OC(=O)NCc1ccccc1)C2. The molecule has 1 N–H and O–H groups in total. The second kappa shape index (κ2) is 8.64. The van der Waals surface area contributed by atoms with E-state index < -0.39 is 0 Å². The Morgan fingerprint density at radius 3 is 2.89 bits per heavy atom. The first-order valence-corrected chi connectivity index (χ1v) is 11.0. The summed E-state index contributed by atoms with van der Waals surface area (Å²) < 4.78 is 5.97. The fourth-order valence-electron chi connectivity index (χ4n) is 5.81. The lowest BCUT2D eigenvalue weighted by atomic mass is 9.79. The third kappa shape index (κ3) is 4.16. The number of amides is 1. The van der Waals surface area contributed by atoms with Crippen LogP contribution < -0.4 is 5.32 Å². The van der Waals surface area contributed by atoms with Crippen molar-refractivity contribution in [3.05, 3.63) is 35.9 Å². The second-order valence-electron chi connectivity index (χ2n) is 8.69.